The number of carbonyl (C=O) groups is 2. The largest absolute Gasteiger partial charge is 0.490 e. The van der Waals surface area contributed by atoms with Crippen LogP contribution in [0.3, 0.4) is 0 Å². The summed E-state index contributed by atoms with van der Waals surface area (Å²) in [5, 5.41) is 1.78. The van der Waals surface area contributed by atoms with E-state index in [0.29, 0.717) is 39.4 Å². The van der Waals surface area contributed by atoms with Crippen molar-refractivity contribution in [2.24, 2.45) is 0 Å². The number of hydrogen-bond acceptors (Lipinski definition) is 6. The smallest absolute Gasteiger partial charge is 0.344 e. The number of carbonyl (C=O) groups excluding carboxylic acids is 2. The average Bonchev–Trinajstić information content (AvgIpc) is 3.08. The van der Waals surface area contributed by atoms with E-state index in [1.54, 1.807) is 36.4 Å². The molecule has 166 valence electrons. The molecule has 0 radical (unpaired) electrons. The number of thioether (sulfide) groups is 1. The van der Waals surface area contributed by atoms with Gasteiger partial charge in [0.1, 0.15) is 4.32 Å². The Morgan fingerprint density at radius 2 is 1.91 bits per heavy atom. The first-order valence-corrected chi connectivity index (χ1v) is 11.6. The van der Waals surface area contributed by atoms with Gasteiger partial charge in [0.15, 0.2) is 11.5 Å². The van der Waals surface area contributed by atoms with Crippen molar-refractivity contribution in [2.75, 3.05) is 13.2 Å². The van der Waals surface area contributed by atoms with Gasteiger partial charge in [-0.25, -0.2) is 4.79 Å². The number of hydrogen-bond donors (Lipinski definition) is 0. The number of amides is 1. The first-order valence-electron chi connectivity index (χ1n) is 10.3. The van der Waals surface area contributed by atoms with Crippen LogP contribution in [0.25, 0.3) is 16.8 Å². The summed E-state index contributed by atoms with van der Waals surface area (Å²) in [6.45, 7) is 6.28. The lowest BCUT2D eigenvalue weighted by Crippen LogP contribution is -2.27. The van der Waals surface area contributed by atoms with Crippen LogP contribution in [-0.2, 0) is 4.79 Å². The van der Waals surface area contributed by atoms with Gasteiger partial charge < -0.3 is 9.47 Å². The summed E-state index contributed by atoms with van der Waals surface area (Å²) in [6, 6.07) is 18.4. The lowest BCUT2D eigenvalue weighted by Gasteiger charge is -2.12. The van der Waals surface area contributed by atoms with Gasteiger partial charge in [0.05, 0.1) is 17.1 Å². The second-order valence-corrected chi connectivity index (χ2v) is 8.81. The number of esters is 1. The summed E-state index contributed by atoms with van der Waals surface area (Å²) in [7, 11) is 0. The number of nitrogens with zero attached hydrogens (tertiary/aromatic N) is 1. The molecule has 1 aliphatic rings. The first-order chi connectivity index (χ1) is 16.0. The molecule has 0 atom stereocenters. The van der Waals surface area contributed by atoms with Crippen LogP contribution in [0.2, 0.25) is 0 Å². The van der Waals surface area contributed by atoms with E-state index < -0.39 is 5.97 Å². The number of thiocarbonyl (C=S) groups is 1. The second kappa shape index (κ2) is 10.0. The van der Waals surface area contributed by atoms with E-state index in [2.05, 4.69) is 6.58 Å². The van der Waals surface area contributed by atoms with E-state index in [1.165, 1.54) is 16.7 Å². The summed E-state index contributed by atoms with van der Waals surface area (Å²) in [5.41, 5.74) is 1.22. The van der Waals surface area contributed by atoms with Crippen LogP contribution in [0.4, 0.5) is 0 Å². The molecular formula is C26H21NO4S2. The van der Waals surface area contributed by atoms with Crippen LogP contribution >= 0.6 is 24.0 Å². The highest BCUT2D eigenvalue weighted by Crippen LogP contribution is 2.35. The topological polar surface area (TPSA) is 55.8 Å². The van der Waals surface area contributed by atoms with Gasteiger partial charge in [0, 0.05) is 6.54 Å². The van der Waals surface area contributed by atoms with E-state index >= 15 is 0 Å². The third-order valence-electron chi connectivity index (χ3n) is 4.96. The molecule has 3 aromatic rings. The quantitative estimate of drug-likeness (QED) is 0.141. The molecule has 33 heavy (non-hydrogen) atoms. The van der Waals surface area contributed by atoms with Crippen molar-refractivity contribution in [1.82, 2.24) is 4.90 Å². The van der Waals surface area contributed by atoms with Crippen LogP contribution < -0.4 is 9.47 Å². The fourth-order valence-corrected chi connectivity index (χ4v) is 4.74. The summed E-state index contributed by atoms with van der Waals surface area (Å²) in [6.07, 6.45) is 3.39. The molecule has 0 saturated carbocycles. The zero-order valence-corrected chi connectivity index (χ0v) is 19.6. The highest BCUT2D eigenvalue weighted by molar-refractivity contribution is 8.26. The summed E-state index contributed by atoms with van der Waals surface area (Å²) >= 11 is 6.53. The monoisotopic (exact) mass is 475 g/mol. The number of rotatable bonds is 7. The fourth-order valence-electron chi connectivity index (χ4n) is 3.46. The van der Waals surface area contributed by atoms with Crippen LogP contribution in [0.5, 0.6) is 11.5 Å². The molecule has 0 aromatic heterocycles. The van der Waals surface area contributed by atoms with Crippen LogP contribution in [-0.4, -0.2) is 34.2 Å². The van der Waals surface area contributed by atoms with E-state index in [1.807, 2.05) is 43.3 Å². The summed E-state index contributed by atoms with van der Waals surface area (Å²) in [5.74, 6) is 0.104. The van der Waals surface area contributed by atoms with Gasteiger partial charge in [-0.1, -0.05) is 72.5 Å². The summed E-state index contributed by atoms with van der Waals surface area (Å²) in [4.78, 5) is 27.6. The Balaban J connectivity index is 1.61. The predicted molar refractivity (Wildman–Crippen MR) is 137 cm³/mol. The lowest BCUT2D eigenvalue weighted by molar-refractivity contribution is -0.121. The van der Waals surface area contributed by atoms with Gasteiger partial charge in [-0.2, -0.15) is 0 Å². The average molecular weight is 476 g/mol. The molecule has 0 spiro atoms. The predicted octanol–water partition coefficient (Wildman–Crippen LogP) is 5.84. The Labute approximate surface area is 201 Å². The molecule has 3 aromatic carbocycles. The van der Waals surface area contributed by atoms with Gasteiger partial charge >= 0.3 is 5.97 Å². The molecular weight excluding hydrogens is 454 g/mol. The van der Waals surface area contributed by atoms with Crippen LogP contribution in [0.1, 0.15) is 22.8 Å². The van der Waals surface area contributed by atoms with Crippen molar-refractivity contribution in [3.05, 3.63) is 89.4 Å². The van der Waals surface area contributed by atoms with Crippen molar-refractivity contribution < 1.29 is 19.1 Å². The highest BCUT2D eigenvalue weighted by Gasteiger charge is 2.31. The van der Waals surface area contributed by atoms with E-state index in [4.69, 9.17) is 21.7 Å². The zero-order chi connectivity index (χ0) is 23.4. The minimum Gasteiger partial charge on any atom is -0.490 e. The molecule has 5 nitrogen and oxygen atoms in total. The molecule has 0 N–H and O–H groups in total. The Hall–Kier alpha value is -3.42. The molecule has 1 aliphatic heterocycles. The van der Waals surface area contributed by atoms with E-state index in [9.17, 15) is 9.59 Å². The standard InChI is InChI=1S/C26H21NO4S2/c1-3-14-27-24(28)23(33-26(27)32)16-17-12-13-21(22(15-17)30-4-2)31-25(29)20-11-7-9-18-8-5-6-10-19(18)20/h3,5-13,15-16H,1,4,14H2,2H3/b23-16+. The maximum Gasteiger partial charge on any atom is 0.344 e. The first kappa shape index (κ1) is 22.8. The third kappa shape index (κ3) is 4.84. The molecule has 0 aliphatic carbocycles. The van der Waals surface area contributed by atoms with Crippen LogP contribution in [0, 0.1) is 0 Å². The van der Waals surface area contributed by atoms with Crippen molar-refractivity contribution in [3.8, 4) is 11.5 Å². The normalized spacial score (nSPS) is 14.7. The van der Waals surface area contributed by atoms with Gasteiger partial charge in [-0.3, -0.25) is 9.69 Å². The minimum absolute atomic E-state index is 0.158. The van der Waals surface area contributed by atoms with Gasteiger partial charge in [0.25, 0.3) is 5.91 Å². The molecule has 0 bridgehead atoms. The van der Waals surface area contributed by atoms with Gasteiger partial charge in [0.2, 0.25) is 0 Å². The van der Waals surface area contributed by atoms with E-state index in [-0.39, 0.29) is 5.91 Å². The minimum atomic E-state index is -0.467. The second-order valence-electron chi connectivity index (χ2n) is 7.14. The molecule has 1 amide bonds. The Bertz CT molecular complexity index is 1290. The van der Waals surface area contributed by atoms with Crippen LogP contribution in [0.15, 0.2) is 78.2 Å². The lowest BCUT2D eigenvalue weighted by atomic mass is 10.0. The third-order valence-corrected chi connectivity index (χ3v) is 6.34. The molecule has 1 fully saturated rings. The fraction of sp³-hybridized carbons (Fsp3) is 0.115. The Morgan fingerprint density at radius 3 is 2.70 bits per heavy atom. The Morgan fingerprint density at radius 1 is 1.12 bits per heavy atom. The summed E-state index contributed by atoms with van der Waals surface area (Å²) < 4.78 is 11.9. The van der Waals surface area contributed by atoms with Gasteiger partial charge in [-0.05, 0) is 47.5 Å². The molecule has 4 rings (SSSR count). The number of benzene rings is 3. The molecule has 1 saturated heterocycles. The van der Waals surface area contributed by atoms with Crippen molar-refractivity contribution >= 4 is 57.0 Å². The number of ether oxygens (including phenoxy) is 2. The van der Waals surface area contributed by atoms with Crippen molar-refractivity contribution in [2.45, 2.75) is 6.92 Å². The zero-order valence-electron chi connectivity index (χ0n) is 17.9. The molecule has 0 unspecified atom stereocenters. The van der Waals surface area contributed by atoms with Gasteiger partial charge in [-0.15, -0.1) is 6.58 Å². The number of fused-ring (bicyclic) bond motifs is 1. The maximum absolute atomic E-state index is 13.0. The molecule has 1 heterocycles. The van der Waals surface area contributed by atoms with E-state index in [0.717, 1.165) is 16.3 Å². The Kier molecular flexibility index (Phi) is 6.91. The van der Waals surface area contributed by atoms with Crippen molar-refractivity contribution in [3.63, 3.8) is 0 Å². The highest BCUT2D eigenvalue weighted by atomic mass is 32.2. The maximum atomic E-state index is 13.0. The van der Waals surface area contributed by atoms with Crippen molar-refractivity contribution in [1.29, 1.82) is 0 Å². The SMILES string of the molecule is C=CCN1C(=O)/C(=C\c2ccc(OC(=O)c3cccc4ccccc34)c(OCC)c2)SC1=S. The molecule has 7 heteroatoms.